The van der Waals surface area contributed by atoms with E-state index in [2.05, 4.69) is 10.4 Å². The van der Waals surface area contributed by atoms with Gasteiger partial charge in [0.05, 0.1) is 20.7 Å². The maximum Gasteiger partial charge on any atom is 0.311 e. The number of nitro groups is 1. The van der Waals surface area contributed by atoms with Crippen molar-refractivity contribution in [1.82, 2.24) is 9.78 Å². The first-order valence-electron chi connectivity index (χ1n) is 7.61. The van der Waals surface area contributed by atoms with E-state index in [4.69, 9.17) is 27.9 Å². The second-order valence-corrected chi connectivity index (χ2v) is 6.10. The molecule has 1 N–H and O–H groups in total. The van der Waals surface area contributed by atoms with Gasteiger partial charge in [-0.05, 0) is 24.3 Å². The summed E-state index contributed by atoms with van der Waals surface area (Å²) in [5, 5.41) is 18.3. The molecule has 8 nitrogen and oxygen atoms in total. The van der Waals surface area contributed by atoms with E-state index in [1.54, 1.807) is 30.3 Å². The van der Waals surface area contributed by atoms with Crippen molar-refractivity contribution >= 4 is 40.5 Å². The minimum atomic E-state index is -0.537. The van der Waals surface area contributed by atoms with E-state index in [0.717, 1.165) is 0 Å². The maximum atomic E-state index is 12.3. The van der Waals surface area contributed by atoms with Gasteiger partial charge in [-0.2, -0.15) is 5.10 Å². The first-order chi connectivity index (χ1) is 13.0. The first-order valence-corrected chi connectivity index (χ1v) is 8.36. The zero-order valence-corrected chi connectivity index (χ0v) is 15.1. The molecule has 0 aliphatic carbocycles. The molecule has 0 unspecified atom stereocenters. The lowest BCUT2D eigenvalue weighted by Gasteiger charge is -2.08. The highest BCUT2D eigenvalue weighted by atomic mass is 35.5. The molecule has 0 aliphatic heterocycles. The van der Waals surface area contributed by atoms with Gasteiger partial charge in [0.25, 0.3) is 5.91 Å². The fourth-order valence-corrected chi connectivity index (χ4v) is 2.71. The van der Waals surface area contributed by atoms with Crippen LogP contribution in [0.5, 0.6) is 5.75 Å². The quantitative estimate of drug-likeness (QED) is 0.483. The normalized spacial score (nSPS) is 10.4. The first kappa shape index (κ1) is 18.7. The van der Waals surface area contributed by atoms with Crippen LogP contribution in [0.2, 0.25) is 10.0 Å². The fourth-order valence-electron chi connectivity index (χ4n) is 2.22. The maximum absolute atomic E-state index is 12.3. The molecule has 1 aromatic heterocycles. The van der Waals surface area contributed by atoms with Crippen LogP contribution in [0.15, 0.2) is 54.7 Å². The number of nitro benzene ring substituents is 1. The van der Waals surface area contributed by atoms with E-state index < -0.39 is 10.8 Å². The minimum absolute atomic E-state index is 0.104. The molecule has 10 heteroatoms. The summed E-state index contributed by atoms with van der Waals surface area (Å²) in [6.07, 6.45) is 1.51. The molecule has 3 aromatic rings. The summed E-state index contributed by atoms with van der Waals surface area (Å²) in [6, 6.07) is 12.3. The molecule has 0 radical (unpaired) electrons. The van der Waals surface area contributed by atoms with Gasteiger partial charge in [-0.25, -0.2) is 4.68 Å². The third-order valence-corrected chi connectivity index (χ3v) is 4.12. The van der Waals surface area contributed by atoms with Crippen molar-refractivity contribution in [2.24, 2.45) is 0 Å². The number of nitrogens with one attached hydrogen (secondary N) is 1. The number of hydrogen-bond donors (Lipinski definition) is 1. The number of amides is 1. The van der Waals surface area contributed by atoms with Crippen molar-refractivity contribution in [2.45, 2.75) is 6.73 Å². The molecule has 138 valence electrons. The summed E-state index contributed by atoms with van der Waals surface area (Å²) in [4.78, 5) is 22.8. The zero-order valence-electron chi connectivity index (χ0n) is 13.6. The van der Waals surface area contributed by atoms with Gasteiger partial charge in [0.15, 0.2) is 18.2 Å². The number of aromatic nitrogens is 2. The van der Waals surface area contributed by atoms with Gasteiger partial charge in [0, 0.05) is 12.3 Å². The van der Waals surface area contributed by atoms with Gasteiger partial charge in [0.2, 0.25) is 0 Å². The number of nitrogens with zero attached hydrogens (tertiary/aromatic N) is 3. The van der Waals surface area contributed by atoms with Crippen molar-refractivity contribution in [2.75, 3.05) is 5.32 Å². The highest BCUT2D eigenvalue weighted by Crippen LogP contribution is 2.30. The van der Waals surface area contributed by atoms with E-state index in [1.165, 1.54) is 29.1 Å². The molecule has 0 atom stereocenters. The molecule has 27 heavy (non-hydrogen) atoms. The number of carbonyl (C=O) groups excluding carboxylic acids is 1. The lowest BCUT2D eigenvalue weighted by molar-refractivity contribution is -0.386. The number of benzene rings is 2. The van der Waals surface area contributed by atoms with Gasteiger partial charge in [0.1, 0.15) is 0 Å². The summed E-state index contributed by atoms with van der Waals surface area (Å²) < 4.78 is 6.75. The molecule has 2 aromatic carbocycles. The average Bonchev–Trinajstić information content (AvgIpc) is 3.12. The number of ether oxygens (including phenoxy) is 1. The number of rotatable bonds is 6. The zero-order chi connectivity index (χ0) is 19.4. The van der Waals surface area contributed by atoms with Gasteiger partial charge in [-0.15, -0.1) is 0 Å². The highest BCUT2D eigenvalue weighted by molar-refractivity contribution is 6.39. The SMILES string of the molecule is O=C(Nc1c(Cl)cccc1Cl)c1ccn(COc2ccccc2[N+](=O)[O-])n1. The summed E-state index contributed by atoms with van der Waals surface area (Å²) in [5.41, 5.74) is 0.240. The molecule has 0 aliphatic rings. The molecular formula is C17H12Cl2N4O4. The Labute approximate surface area is 163 Å². The molecule has 0 saturated heterocycles. The minimum Gasteiger partial charge on any atom is -0.464 e. The largest absolute Gasteiger partial charge is 0.464 e. The Kier molecular flexibility index (Phi) is 5.58. The van der Waals surface area contributed by atoms with E-state index in [0.29, 0.717) is 10.0 Å². The summed E-state index contributed by atoms with van der Waals surface area (Å²) in [7, 11) is 0. The molecule has 0 fully saturated rings. The van der Waals surface area contributed by atoms with Crippen molar-refractivity contribution in [1.29, 1.82) is 0 Å². The summed E-state index contributed by atoms with van der Waals surface area (Å²) >= 11 is 12.0. The number of hydrogen-bond acceptors (Lipinski definition) is 5. The third kappa shape index (κ3) is 4.36. The van der Waals surface area contributed by atoms with E-state index in [1.807, 2.05) is 0 Å². The van der Waals surface area contributed by atoms with Crippen LogP contribution >= 0.6 is 23.2 Å². The van der Waals surface area contributed by atoms with Crippen molar-refractivity contribution < 1.29 is 14.5 Å². The Morgan fingerprint density at radius 3 is 2.56 bits per heavy atom. The van der Waals surface area contributed by atoms with Crippen LogP contribution in [-0.2, 0) is 6.73 Å². The van der Waals surface area contributed by atoms with Crippen LogP contribution in [-0.4, -0.2) is 20.6 Å². The second-order valence-electron chi connectivity index (χ2n) is 5.29. The van der Waals surface area contributed by atoms with Crippen LogP contribution in [0, 0.1) is 10.1 Å². The van der Waals surface area contributed by atoms with Crippen molar-refractivity contribution in [3.05, 3.63) is 80.6 Å². The molecule has 1 amide bonds. The van der Waals surface area contributed by atoms with Gasteiger partial charge in [-0.1, -0.05) is 41.4 Å². The lowest BCUT2D eigenvalue weighted by atomic mass is 10.3. The third-order valence-electron chi connectivity index (χ3n) is 3.49. The van der Waals surface area contributed by atoms with E-state index >= 15 is 0 Å². The number of carbonyl (C=O) groups is 1. The molecular weight excluding hydrogens is 395 g/mol. The monoisotopic (exact) mass is 406 g/mol. The Bertz CT molecular complexity index is 986. The predicted molar refractivity (Wildman–Crippen MR) is 100 cm³/mol. The van der Waals surface area contributed by atoms with E-state index in [9.17, 15) is 14.9 Å². The number of para-hydroxylation sites is 3. The Hall–Kier alpha value is -3.10. The van der Waals surface area contributed by atoms with Gasteiger partial charge >= 0.3 is 5.69 Å². The smallest absolute Gasteiger partial charge is 0.311 e. The van der Waals surface area contributed by atoms with Crippen molar-refractivity contribution in [3.63, 3.8) is 0 Å². The molecule has 0 spiro atoms. The average molecular weight is 407 g/mol. The van der Waals surface area contributed by atoms with Crippen LogP contribution in [0.3, 0.4) is 0 Å². The molecule has 0 bridgehead atoms. The van der Waals surface area contributed by atoms with Crippen LogP contribution in [0.4, 0.5) is 11.4 Å². The Balaban J connectivity index is 1.68. The molecule has 1 heterocycles. The van der Waals surface area contributed by atoms with Crippen LogP contribution in [0.25, 0.3) is 0 Å². The van der Waals surface area contributed by atoms with Crippen LogP contribution < -0.4 is 10.1 Å². The van der Waals surface area contributed by atoms with Crippen molar-refractivity contribution in [3.8, 4) is 5.75 Å². The topological polar surface area (TPSA) is 99.3 Å². The number of anilines is 1. The predicted octanol–water partition coefficient (Wildman–Crippen LogP) is 4.39. The molecule has 3 rings (SSSR count). The standard InChI is InChI=1S/C17H12Cl2N4O4/c18-11-4-3-5-12(19)16(11)20-17(24)13-8-9-22(21-13)10-27-15-7-2-1-6-14(15)23(25)26/h1-9H,10H2,(H,20,24). The second kappa shape index (κ2) is 8.07. The fraction of sp³-hybridized carbons (Fsp3) is 0.0588. The Morgan fingerprint density at radius 1 is 1.15 bits per heavy atom. The van der Waals surface area contributed by atoms with Crippen LogP contribution in [0.1, 0.15) is 10.5 Å². The Morgan fingerprint density at radius 2 is 1.85 bits per heavy atom. The van der Waals surface area contributed by atoms with Gasteiger partial charge < -0.3 is 10.1 Å². The van der Waals surface area contributed by atoms with E-state index in [-0.39, 0.29) is 29.5 Å². The van der Waals surface area contributed by atoms with Gasteiger partial charge in [-0.3, -0.25) is 14.9 Å². The highest BCUT2D eigenvalue weighted by Gasteiger charge is 2.16. The molecule has 0 saturated carbocycles. The number of halogens is 2. The lowest BCUT2D eigenvalue weighted by Crippen LogP contribution is -2.15. The summed E-state index contributed by atoms with van der Waals surface area (Å²) in [6.45, 7) is -0.106. The summed E-state index contributed by atoms with van der Waals surface area (Å²) in [5.74, 6) is -0.402.